The monoisotopic (exact) mass is 398 g/mol. The average molecular weight is 399 g/mol. The van der Waals surface area contributed by atoms with Gasteiger partial charge in [-0.3, -0.25) is 9.10 Å². The molecule has 1 fully saturated rings. The molecule has 1 aliphatic carbocycles. The smallest absolute Gasteiger partial charge is 0.240 e. The minimum atomic E-state index is -3.52. The Balaban J connectivity index is 1.87. The summed E-state index contributed by atoms with van der Waals surface area (Å²) in [6.45, 7) is 4.29. The van der Waals surface area contributed by atoms with Crippen molar-refractivity contribution in [1.29, 1.82) is 0 Å². The molecule has 1 amide bonds. The van der Waals surface area contributed by atoms with Crippen LogP contribution in [0.15, 0.2) is 18.2 Å². The van der Waals surface area contributed by atoms with Gasteiger partial charge in [-0.1, -0.05) is 25.3 Å². The zero-order chi connectivity index (χ0) is 19.2. The van der Waals surface area contributed by atoms with Crippen molar-refractivity contribution in [3.63, 3.8) is 0 Å². The van der Waals surface area contributed by atoms with E-state index in [2.05, 4.69) is 5.32 Å². The van der Waals surface area contributed by atoms with Gasteiger partial charge in [0, 0.05) is 17.5 Å². The number of carbonyl (C=O) groups excluding carboxylic acids is 1. The summed E-state index contributed by atoms with van der Waals surface area (Å²) in [6, 6.07) is 5.43. The van der Waals surface area contributed by atoms with E-state index in [0.29, 0.717) is 17.5 Å². The number of nitrogens with zero attached hydrogens (tertiary/aromatic N) is 1. The minimum Gasteiger partial charge on any atom is -0.354 e. The number of amides is 1. The predicted octanol–water partition coefficient (Wildman–Crippen LogP) is 3.25. The highest BCUT2D eigenvalue weighted by atomic mass is 32.2. The van der Waals surface area contributed by atoms with Gasteiger partial charge < -0.3 is 5.32 Å². The number of hydrogen-bond donors (Lipinski definition) is 1. The summed E-state index contributed by atoms with van der Waals surface area (Å²) in [5.74, 6) is 0.608. The van der Waals surface area contributed by atoms with Crippen LogP contribution in [0.4, 0.5) is 5.69 Å². The van der Waals surface area contributed by atoms with Gasteiger partial charge in [-0.15, -0.1) is 0 Å². The van der Waals surface area contributed by atoms with Gasteiger partial charge >= 0.3 is 0 Å². The SMILES string of the molecule is Cc1ccc(N(CC(=O)NCCSC2CCCCC2)S(C)(=O)=O)cc1C. The Labute approximate surface area is 162 Å². The lowest BCUT2D eigenvalue weighted by Gasteiger charge is -2.23. The van der Waals surface area contributed by atoms with Crippen LogP contribution in [0, 0.1) is 13.8 Å². The second-order valence-corrected chi connectivity index (χ2v) is 10.3. The summed E-state index contributed by atoms with van der Waals surface area (Å²) in [5.41, 5.74) is 2.62. The van der Waals surface area contributed by atoms with E-state index < -0.39 is 10.0 Å². The number of sulfonamides is 1. The Kier molecular flexibility index (Phi) is 7.83. The summed E-state index contributed by atoms with van der Waals surface area (Å²) in [7, 11) is -3.52. The standard InChI is InChI=1S/C19H30N2O3S2/c1-15-9-10-17(13-16(15)2)21(26(3,23)24)14-19(22)20-11-12-25-18-7-5-4-6-8-18/h9-10,13,18H,4-8,11-12,14H2,1-3H3,(H,20,22). The average Bonchev–Trinajstić information content (AvgIpc) is 2.59. The molecule has 1 aliphatic rings. The fraction of sp³-hybridized carbons (Fsp3) is 0.632. The third kappa shape index (κ3) is 6.50. The highest BCUT2D eigenvalue weighted by molar-refractivity contribution is 7.99. The molecule has 0 aliphatic heterocycles. The largest absolute Gasteiger partial charge is 0.354 e. The topological polar surface area (TPSA) is 66.5 Å². The van der Waals surface area contributed by atoms with Crippen molar-refractivity contribution in [2.75, 3.05) is 29.4 Å². The van der Waals surface area contributed by atoms with Crippen LogP contribution in [-0.4, -0.2) is 44.7 Å². The molecule has 5 nitrogen and oxygen atoms in total. The molecule has 0 bridgehead atoms. The zero-order valence-electron chi connectivity index (χ0n) is 16.0. The normalized spacial score (nSPS) is 15.7. The minimum absolute atomic E-state index is 0.185. The number of hydrogen-bond acceptors (Lipinski definition) is 4. The summed E-state index contributed by atoms with van der Waals surface area (Å²) >= 11 is 1.92. The van der Waals surface area contributed by atoms with Gasteiger partial charge in [0.05, 0.1) is 11.9 Å². The molecule has 1 N–H and O–H groups in total. The number of thioether (sulfide) groups is 1. The lowest BCUT2D eigenvalue weighted by molar-refractivity contribution is -0.119. The molecule has 0 aromatic heterocycles. The molecule has 7 heteroatoms. The molecule has 1 aromatic carbocycles. The molecule has 0 spiro atoms. The van der Waals surface area contributed by atoms with Crippen LogP contribution in [0.2, 0.25) is 0 Å². The molecule has 0 saturated heterocycles. The second-order valence-electron chi connectivity index (χ2n) is 7.02. The zero-order valence-corrected chi connectivity index (χ0v) is 17.6. The molecule has 1 aromatic rings. The summed E-state index contributed by atoms with van der Waals surface area (Å²) in [6.07, 6.45) is 7.63. The van der Waals surface area contributed by atoms with E-state index in [1.165, 1.54) is 36.4 Å². The van der Waals surface area contributed by atoms with E-state index in [-0.39, 0.29) is 12.5 Å². The maximum absolute atomic E-state index is 12.2. The maximum atomic E-state index is 12.2. The molecule has 146 valence electrons. The van der Waals surface area contributed by atoms with Gasteiger partial charge in [0.15, 0.2) is 0 Å². The number of benzene rings is 1. The van der Waals surface area contributed by atoms with Gasteiger partial charge in [0.1, 0.15) is 6.54 Å². The molecule has 0 unspecified atom stereocenters. The van der Waals surface area contributed by atoms with Crippen LogP contribution in [0.1, 0.15) is 43.2 Å². The van der Waals surface area contributed by atoms with Crippen LogP contribution in [0.3, 0.4) is 0 Å². The van der Waals surface area contributed by atoms with E-state index in [1.54, 1.807) is 6.07 Å². The molecule has 0 atom stereocenters. The first kappa shape index (κ1) is 21.1. The Morgan fingerprint density at radius 1 is 1.19 bits per heavy atom. The molecule has 26 heavy (non-hydrogen) atoms. The Bertz CT molecular complexity index is 713. The fourth-order valence-corrected chi connectivity index (χ4v) is 5.18. The predicted molar refractivity (Wildman–Crippen MR) is 110 cm³/mol. The quantitative estimate of drug-likeness (QED) is 0.683. The first-order valence-electron chi connectivity index (χ1n) is 9.20. The van der Waals surface area contributed by atoms with E-state index in [1.807, 2.05) is 37.7 Å². The molecule has 2 rings (SSSR count). The van der Waals surface area contributed by atoms with Crippen LogP contribution >= 0.6 is 11.8 Å². The summed E-state index contributed by atoms with van der Waals surface area (Å²) < 4.78 is 25.5. The van der Waals surface area contributed by atoms with Crippen molar-refractivity contribution in [2.45, 2.75) is 51.2 Å². The van der Waals surface area contributed by atoms with Crippen LogP contribution in [0.5, 0.6) is 0 Å². The van der Waals surface area contributed by atoms with Gasteiger partial charge in [-0.05, 0) is 49.9 Å². The first-order chi connectivity index (χ1) is 12.3. The van der Waals surface area contributed by atoms with Crippen LogP contribution in [0.25, 0.3) is 0 Å². The van der Waals surface area contributed by atoms with Crippen LogP contribution < -0.4 is 9.62 Å². The molecular weight excluding hydrogens is 368 g/mol. The molecular formula is C19H30N2O3S2. The number of anilines is 1. The van der Waals surface area contributed by atoms with E-state index in [0.717, 1.165) is 23.1 Å². The van der Waals surface area contributed by atoms with E-state index in [4.69, 9.17) is 0 Å². The van der Waals surface area contributed by atoms with Crippen molar-refractivity contribution >= 4 is 33.4 Å². The van der Waals surface area contributed by atoms with Crippen molar-refractivity contribution < 1.29 is 13.2 Å². The molecule has 0 radical (unpaired) electrons. The van der Waals surface area contributed by atoms with Crippen molar-refractivity contribution in [1.82, 2.24) is 5.32 Å². The molecule has 1 saturated carbocycles. The van der Waals surface area contributed by atoms with Gasteiger partial charge in [-0.25, -0.2) is 8.42 Å². The Morgan fingerprint density at radius 2 is 1.88 bits per heavy atom. The van der Waals surface area contributed by atoms with Crippen molar-refractivity contribution in [3.8, 4) is 0 Å². The van der Waals surface area contributed by atoms with E-state index in [9.17, 15) is 13.2 Å². The maximum Gasteiger partial charge on any atom is 0.240 e. The van der Waals surface area contributed by atoms with Crippen molar-refractivity contribution in [2.24, 2.45) is 0 Å². The highest BCUT2D eigenvalue weighted by Gasteiger charge is 2.21. The number of rotatable bonds is 8. The third-order valence-corrected chi connectivity index (χ3v) is 7.32. The van der Waals surface area contributed by atoms with Crippen LogP contribution in [-0.2, 0) is 14.8 Å². The third-order valence-electron chi connectivity index (χ3n) is 4.80. The number of aryl methyl sites for hydroxylation is 2. The first-order valence-corrected chi connectivity index (χ1v) is 12.1. The molecule has 0 heterocycles. The lowest BCUT2D eigenvalue weighted by Crippen LogP contribution is -2.41. The summed E-state index contributed by atoms with van der Waals surface area (Å²) in [4.78, 5) is 12.2. The number of carbonyl (C=O) groups is 1. The van der Waals surface area contributed by atoms with Gasteiger partial charge in [0.2, 0.25) is 15.9 Å². The second kappa shape index (κ2) is 9.65. The highest BCUT2D eigenvalue weighted by Crippen LogP contribution is 2.27. The fourth-order valence-electron chi connectivity index (χ4n) is 3.11. The van der Waals surface area contributed by atoms with Gasteiger partial charge in [-0.2, -0.15) is 11.8 Å². The van der Waals surface area contributed by atoms with Gasteiger partial charge in [0.25, 0.3) is 0 Å². The van der Waals surface area contributed by atoms with Crippen molar-refractivity contribution in [3.05, 3.63) is 29.3 Å². The lowest BCUT2D eigenvalue weighted by atomic mass is 10.0. The van der Waals surface area contributed by atoms with E-state index >= 15 is 0 Å². The summed E-state index contributed by atoms with van der Waals surface area (Å²) in [5, 5.41) is 3.57. The Hall–Kier alpha value is -1.21. The Morgan fingerprint density at radius 3 is 2.50 bits per heavy atom. The number of nitrogens with one attached hydrogen (secondary N) is 1.